The molecule has 2 N–H and O–H groups in total. The Bertz CT molecular complexity index is 475. The average Bonchev–Trinajstić information content (AvgIpc) is 2.79. The van der Waals surface area contributed by atoms with Gasteiger partial charge in [0.15, 0.2) is 0 Å². The van der Waals surface area contributed by atoms with Crippen LogP contribution in [0, 0.1) is 0 Å². The first-order valence-corrected chi connectivity index (χ1v) is 7.33. The van der Waals surface area contributed by atoms with Crippen molar-refractivity contribution in [3.05, 3.63) is 18.7 Å². The monoisotopic (exact) mass is 294 g/mol. The van der Waals surface area contributed by atoms with Gasteiger partial charge in [-0.3, -0.25) is 0 Å². The largest absolute Gasteiger partial charge is 0.480 e. The van der Waals surface area contributed by atoms with E-state index in [0.29, 0.717) is 19.5 Å². The fourth-order valence-corrected chi connectivity index (χ4v) is 2.66. The first-order valence-electron chi connectivity index (χ1n) is 7.33. The number of imidazole rings is 1. The summed E-state index contributed by atoms with van der Waals surface area (Å²) < 4.78 is 1.88. The highest BCUT2D eigenvalue weighted by atomic mass is 16.4. The third kappa shape index (κ3) is 4.21. The molecule has 2 unspecified atom stereocenters. The lowest BCUT2D eigenvalue weighted by molar-refractivity contribution is -0.142. The maximum absolute atomic E-state index is 12.3. The van der Waals surface area contributed by atoms with Crippen molar-refractivity contribution in [2.75, 3.05) is 6.54 Å². The first kappa shape index (κ1) is 15.3. The molecule has 116 valence electrons. The molecular weight excluding hydrogens is 272 g/mol. The van der Waals surface area contributed by atoms with Gasteiger partial charge in [-0.1, -0.05) is 12.8 Å². The van der Waals surface area contributed by atoms with Crippen molar-refractivity contribution >= 4 is 12.0 Å². The van der Waals surface area contributed by atoms with Crippen LogP contribution in [-0.4, -0.2) is 50.2 Å². The molecule has 0 spiro atoms. The second-order valence-corrected chi connectivity index (χ2v) is 5.51. The normalized spacial score (nSPS) is 20.6. The fourth-order valence-electron chi connectivity index (χ4n) is 2.66. The van der Waals surface area contributed by atoms with Crippen molar-refractivity contribution in [2.24, 2.45) is 0 Å². The van der Waals surface area contributed by atoms with Gasteiger partial charge in [0.05, 0.1) is 6.33 Å². The summed E-state index contributed by atoms with van der Waals surface area (Å²) in [5.41, 5.74) is 0. The van der Waals surface area contributed by atoms with Gasteiger partial charge in [0, 0.05) is 31.5 Å². The third-order valence-electron chi connectivity index (χ3n) is 3.71. The van der Waals surface area contributed by atoms with Crippen LogP contribution in [0.1, 0.15) is 32.6 Å². The van der Waals surface area contributed by atoms with Crippen LogP contribution in [0.2, 0.25) is 0 Å². The summed E-state index contributed by atoms with van der Waals surface area (Å²) in [5.74, 6) is -0.922. The number of likely N-dealkylation sites (tertiary alicyclic amines) is 1. The van der Waals surface area contributed by atoms with Crippen LogP contribution in [0.5, 0.6) is 0 Å². The Hall–Kier alpha value is -2.05. The van der Waals surface area contributed by atoms with E-state index in [1.807, 2.05) is 17.7 Å². The van der Waals surface area contributed by atoms with Crippen molar-refractivity contribution in [1.82, 2.24) is 19.8 Å². The number of hydrogen-bond acceptors (Lipinski definition) is 3. The van der Waals surface area contributed by atoms with Gasteiger partial charge in [0.2, 0.25) is 0 Å². The summed E-state index contributed by atoms with van der Waals surface area (Å²) >= 11 is 0. The predicted molar refractivity (Wildman–Crippen MR) is 76.8 cm³/mol. The molecular formula is C14H22N4O3. The standard InChI is InChI=1S/C14H22N4O3/c1-11(9-17-8-6-15-10-17)16-14(21)18-7-4-2-3-5-12(18)13(19)20/h6,8,10-12H,2-5,7,9H2,1H3,(H,16,21)(H,19,20). The highest BCUT2D eigenvalue weighted by molar-refractivity contribution is 5.82. The molecule has 2 amide bonds. The van der Waals surface area contributed by atoms with Crippen molar-refractivity contribution in [1.29, 1.82) is 0 Å². The number of aliphatic carboxylic acids is 1. The Morgan fingerprint density at radius 2 is 2.24 bits per heavy atom. The molecule has 2 atom stereocenters. The Morgan fingerprint density at radius 1 is 1.43 bits per heavy atom. The number of nitrogens with zero attached hydrogens (tertiary/aromatic N) is 3. The molecule has 1 fully saturated rings. The zero-order valence-electron chi connectivity index (χ0n) is 12.2. The molecule has 1 saturated heterocycles. The van der Waals surface area contributed by atoms with Crippen LogP contribution < -0.4 is 5.32 Å². The van der Waals surface area contributed by atoms with Crippen LogP contribution in [0.4, 0.5) is 4.79 Å². The van der Waals surface area contributed by atoms with Crippen molar-refractivity contribution in [3.63, 3.8) is 0 Å². The molecule has 1 aromatic heterocycles. The summed E-state index contributed by atoms with van der Waals surface area (Å²) in [4.78, 5) is 29.1. The summed E-state index contributed by atoms with van der Waals surface area (Å²) in [6.07, 6.45) is 8.41. The van der Waals surface area contributed by atoms with Crippen LogP contribution in [-0.2, 0) is 11.3 Å². The minimum absolute atomic E-state index is 0.0932. The number of carboxylic acids is 1. The van der Waals surface area contributed by atoms with E-state index in [-0.39, 0.29) is 12.1 Å². The lowest BCUT2D eigenvalue weighted by Crippen LogP contribution is -2.51. The quantitative estimate of drug-likeness (QED) is 0.876. The second kappa shape index (κ2) is 7.10. The van der Waals surface area contributed by atoms with E-state index in [4.69, 9.17) is 0 Å². The Labute approximate surface area is 124 Å². The summed E-state index contributed by atoms with van der Waals surface area (Å²) in [5, 5.41) is 12.2. The smallest absolute Gasteiger partial charge is 0.326 e. The number of nitrogens with one attached hydrogen (secondary N) is 1. The molecule has 1 aliphatic heterocycles. The number of amides is 2. The summed E-state index contributed by atoms with van der Waals surface area (Å²) in [6.45, 7) is 3.00. The summed E-state index contributed by atoms with van der Waals surface area (Å²) in [7, 11) is 0. The topological polar surface area (TPSA) is 87.5 Å². The number of carbonyl (C=O) groups excluding carboxylic acids is 1. The van der Waals surface area contributed by atoms with Crippen LogP contribution in [0.15, 0.2) is 18.7 Å². The number of hydrogen-bond donors (Lipinski definition) is 2. The molecule has 0 aromatic carbocycles. The fraction of sp³-hybridized carbons (Fsp3) is 0.643. The zero-order valence-corrected chi connectivity index (χ0v) is 12.2. The van der Waals surface area contributed by atoms with Crippen LogP contribution in [0.25, 0.3) is 0 Å². The van der Waals surface area contributed by atoms with E-state index in [0.717, 1.165) is 19.3 Å². The van der Waals surface area contributed by atoms with E-state index >= 15 is 0 Å². The molecule has 0 radical (unpaired) electrons. The first-order chi connectivity index (χ1) is 10.1. The Balaban J connectivity index is 1.94. The highest BCUT2D eigenvalue weighted by Crippen LogP contribution is 2.17. The number of carboxylic acid groups (broad SMARTS) is 1. The van der Waals surface area contributed by atoms with E-state index in [2.05, 4.69) is 10.3 Å². The van der Waals surface area contributed by atoms with Gasteiger partial charge >= 0.3 is 12.0 Å². The molecule has 0 saturated carbocycles. The van der Waals surface area contributed by atoms with E-state index in [1.165, 1.54) is 4.90 Å². The van der Waals surface area contributed by atoms with E-state index < -0.39 is 12.0 Å². The number of urea groups is 1. The third-order valence-corrected chi connectivity index (χ3v) is 3.71. The Kier molecular flexibility index (Phi) is 5.19. The van der Waals surface area contributed by atoms with E-state index in [9.17, 15) is 14.7 Å². The Morgan fingerprint density at radius 3 is 2.90 bits per heavy atom. The molecule has 1 aromatic rings. The maximum Gasteiger partial charge on any atom is 0.326 e. The SMILES string of the molecule is CC(Cn1ccnc1)NC(=O)N1CCCCCC1C(=O)O. The van der Waals surface area contributed by atoms with E-state index in [1.54, 1.807) is 12.5 Å². The molecule has 7 heteroatoms. The molecule has 7 nitrogen and oxygen atoms in total. The lowest BCUT2D eigenvalue weighted by Gasteiger charge is -2.28. The van der Waals surface area contributed by atoms with Gasteiger partial charge in [-0.25, -0.2) is 14.6 Å². The van der Waals surface area contributed by atoms with Gasteiger partial charge in [-0.15, -0.1) is 0 Å². The van der Waals surface area contributed by atoms with Gasteiger partial charge in [-0.2, -0.15) is 0 Å². The van der Waals surface area contributed by atoms with Gasteiger partial charge < -0.3 is 19.9 Å². The second-order valence-electron chi connectivity index (χ2n) is 5.51. The average molecular weight is 294 g/mol. The number of rotatable bonds is 4. The van der Waals surface area contributed by atoms with Gasteiger partial charge in [0.1, 0.15) is 6.04 Å². The minimum atomic E-state index is -0.922. The van der Waals surface area contributed by atoms with Gasteiger partial charge in [0.25, 0.3) is 0 Å². The highest BCUT2D eigenvalue weighted by Gasteiger charge is 2.31. The predicted octanol–water partition coefficient (Wildman–Crippen LogP) is 1.31. The lowest BCUT2D eigenvalue weighted by atomic mass is 10.1. The summed E-state index contributed by atoms with van der Waals surface area (Å²) in [6, 6.07) is -1.10. The number of carbonyl (C=O) groups is 2. The molecule has 2 heterocycles. The molecule has 2 rings (SSSR count). The van der Waals surface area contributed by atoms with Crippen molar-refractivity contribution < 1.29 is 14.7 Å². The zero-order chi connectivity index (χ0) is 15.2. The van der Waals surface area contributed by atoms with Crippen LogP contribution >= 0.6 is 0 Å². The molecule has 1 aliphatic rings. The molecule has 0 aliphatic carbocycles. The molecule has 21 heavy (non-hydrogen) atoms. The van der Waals surface area contributed by atoms with Crippen LogP contribution in [0.3, 0.4) is 0 Å². The maximum atomic E-state index is 12.3. The van der Waals surface area contributed by atoms with Crippen molar-refractivity contribution in [2.45, 2.75) is 51.2 Å². The molecule has 0 bridgehead atoms. The minimum Gasteiger partial charge on any atom is -0.480 e. The number of aromatic nitrogens is 2. The van der Waals surface area contributed by atoms with Gasteiger partial charge in [-0.05, 0) is 19.8 Å². The van der Waals surface area contributed by atoms with Crippen molar-refractivity contribution in [3.8, 4) is 0 Å².